The average Bonchev–Trinajstić information content (AvgIpc) is 3.36. The molecule has 2 aromatic heterocycles. The fraction of sp³-hybridized carbons (Fsp3) is 0.412. The monoisotopic (exact) mass is 325 g/mol. The molecule has 0 aliphatic carbocycles. The Labute approximate surface area is 139 Å². The Hall–Kier alpha value is -2.54. The van der Waals surface area contributed by atoms with Crippen molar-refractivity contribution in [3.05, 3.63) is 48.0 Å². The molecule has 0 N–H and O–H groups in total. The van der Waals surface area contributed by atoms with Gasteiger partial charge in [-0.05, 0) is 19.4 Å². The highest BCUT2D eigenvalue weighted by molar-refractivity contribution is 5.53. The first-order valence-corrected chi connectivity index (χ1v) is 8.28. The summed E-state index contributed by atoms with van der Waals surface area (Å²) in [5.74, 6) is 2.59. The number of likely N-dealkylation sites (tertiary alicyclic amines) is 1. The molecule has 3 heterocycles. The van der Waals surface area contributed by atoms with Crippen molar-refractivity contribution in [1.82, 2.24) is 25.2 Å². The quantitative estimate of drug-likeness (QED) is 0.713. The van der Waals surface area contributed by atoms with Gasteiger partial charge in [0.1, 0.15) is 0 Å². The zero-order valence-corrected chi connectivity index (χ0v) is 13.6. The summed E-state index contributed by atoms with van der Waals surface area (Å²) >= 11 is 0. The summed E-state index contributed by atoms with van der Waals surface area (Å²) in [4.78, 5) is 6.85. The van der Waals surface area contributed by atoms with Crippen LogP contribution in [0.4, 0.5) is 0 Å². The van der Waals surface area contributed by atoms with Gasteiger partial charge in [-0.2, -0.15) is 4.98 Å². The van der Waals surface area contributed by atoms with Crippen molar-refractivity contribution in [3.63, 3.8) is 0 Å². The zero-order chi connectivity index (χ0) is 16.4. The van der Waals surface area contributed by atoms with Crippen LogP contribution >= 0.6 is 0 Å². The summed E-state index contributed by atoms with van der Waals surface area (Å²) in [7, 11) is 0. The molecule has 1 saturated heterocycles. The van der Waals surface area contributed by atoms with Crippen LogP contribution in [0.1, 0.15) is 43.5 Å². The molecule has 1 fully saturated rings. The molecule has 1 atom stereocenters. The van der Waals surface area contributed by atoms with E-state index in [0.29, 0.717) is 30.0 Å². The van der Waals surface area contributed by atoms with Crippen LogP contribution < -0.4 is 0 Å². The molecule has 1 aliphatic rings. The van der Waals surface area contributed by atoms with Gasteiger partial charge in [-0.1, -0.05) is 42.4 Å². The minimum Gasteiger partial charge on any atom is -0.424 e. The number of rotatable bonds is 5. The number of aromatic nitrogens is 4. The first-order chi connectivity index (χ1) is 11.8. The molecule has 1 aliphatic heterocycles. The maximum absolute atomic E-state index is 5.62. The van der Waals surface area contributed by atoms with Crippen molar-refractivity contribution in [2.75, 3.05) is 6.54 Å². The molecule has 4 rings (SSSR count). The summed E-state index contributed by atoms with van der Waals surface area (Å²) in [6, 6.07) is 9.96. The largest absolute Gasteiger partial charge is 0.424 e. The molecular weight excluding hydrogens is 306 g/mol. The minimum absolute atomic E-state index is 0.104. The van der Waals surface area contributed by atoms with E-state index in [1.165, 1.54) is 0 Å². The number of hydrogen-bond acceptors (Lipinski definition) is 7. The van der Waals surface area contributed by atoms with E-state index in [-0.39, 0.29) is 6.04 Å². The smallest absolute Gasteiger partial charge is 0.244 e. The molecule has 0 spiro atoms. The van der Waals surface area contributed by atoms with E-state index in [9.17, 15) is 0 Å². The predicted octanol–water partition coefficient (Wildman–Crippen LogP) is 3.02. The minimum atomic E-state index is 0.104. The van der Waals surface area contributed by atoms with Crippen molar-refractivity contribution in [2.24, 2.45) is 0 Å². The van der Waals surface area contributed by atoms with Gasteiger partial charge in [0.2, 0.25) is 23.5 Å². The zero-order valence-electron chi connectivity index (χ0n) is 13.6. The standard InChI is InChI=1S/C17H19N5O2/c1-2-14-19-20-15(23-14)11-22-10-6-9-13(22)17-18-16(21-24-17)12-7-4-3-5-8-12/h3-5,7-8,13H,2,6,9-11H2,1H3/t13-/m1/s1. The van der Waals surface area contributed by atoms with Gasteiger partial charge >= 0.3 is 0 Å². The molecule has 0 saturated carbocycles. The molecule has 0 bridgehead atoms. The first kappa shape index (κ1) is 15.0. The Morgan fingerprint density at radius 1 is 1.17 bits per heavy atom. The van der Waals surface area contributed by atoms with Gasteiger partial charge in [0, 0.05) is 12.0 Å². The second kappa shape index (κ2) is 6.52. The van der Waals surface area contributed by atoms with Gasteiger partial charge in [-0.25, -0.2) is 0 Å². The van der Waals surface area contributed by atoms with Crippen LogP contribution in [-0.4, -0.2) is 31.8 Å². The molecule has 24 heavy (non-hydrogen) atoms. The van der Waals surface area contributed by atoms with E-state index in [1.54, 1.807) is 0 Å². The maximum Gasteiger partial charge on any atom is 0.244 e. The van der Waals surface area contributed by atoms with Gasteiger partial charge in [-0.15, -0.1) is 10.2 Å². The number of hydrogen-bond donors (Lipinski definition) is 0. The maximum atomic E-state index is 5.62. The predicted molar refractivity (Wildman–Crippen MR) is 85.8 cm³/mol. The topological polar surface area (TPSA) is 81.1 Å². The van der Waals surface area contributed by atoms with E-state index < -0.39 is 0 Å². The lowest BCUT2D eigenvalue weighted by Crippen LogP contribution is -2.23. The highest BCUT2D eigenvalue weighted by atomic mass is 16.5. The molecule has 124 valence electrons. The summed E-state index contributed by atoms with van der Waals surface area (Å²) in [6.07, 6.45) is 2.83. The van der Waals surface area contributed by atoms with Gasteiger partial charge in [-0.3, -0.25) is 4.90 Å². The SMILES string of the molecule is CCc1nnc(CN2CCC[C@@H]2c2nc(-c3ccccc3)no2)o1. The van der Waals surface area contributed by atoms with Crippen LogP contribution in [0.5, 0.6) is 0 Å². The Morgan fingerprint density at radius 3 is 2.79 bits per heavy atom. The summed E-state index contributed by atoms with van der Waals surface area (Å²) in [5, 5.41) is 12.3. The van der Waals surface area contributed by atoms with E-state index in [0.717, 1.165) is 31.4 Å². The third kappa shape index (κ3) is 2.94. The van der Waals surface area contributed by atoms with Crippen LogP contribution in [0.15, 0.2) is 39.3 Å². The fourth-order valence-corrected chi connectivity index (χ4v) is 3.04. The summed E-state index contributed by atoms with van der Waals surface area (Å²) in [5.41, 5.74) is 0.960. The van der Waals surface area contributed by atoms with E-state index in [4.69, 9.17) is 8.94 Å². The Kier molecular flexibility index (Phi) is 4.08. The van der Waals surface area contributed by atoms with E-state index in [1.807, 2.05) is 37.3 Å². The summed E-state index contributed by atoms with van der Waals surface area (Å²) in [6.45, 7) is 3.57. The van der Waals surface area contributed by atoms with Crippen molar-refractivity contribution in [3.8, 4) is 11.4 Å². The molecule has 0 radical (unpaired) electrons. The van der Waals surface area contributed by atoms with Crippen LogP contribution in [0.2, 0.25) is 0 Å². The Morgan fingerprint density at radius 2 is 2.00 bits per heavy atom. The van der Waals surface area contributed by atoms with Crippen LogP contribution in [-0.2, 0) is 13.0 Å². The third-order valence-electron chi connectivity index (χ3n) is 4.27. The third-order valence-corrected chi connectivity index (χ3v) is 4.27. The Bertz CT molecular complexity index is 798. The second-order valence-corrected chi connectivity index (χ2v) is 5.89. The van der Waals surface area contributed by atoms with E-state index >= 15 is 0 Å². The van der Waals surface area contributed by atoms with Gasteiger partial charge in [0.05, 0.1) is 12.6 Å². The molecule has 0 amide bonds. The number of aryl methyl sites for hydroxylation is 1. The lowest BCUT2D eigenvalue weighted by Gasteiger charge is -2.19. The lowest BCUT2D eigenvalue weighted by atomic mass is 10.2. The van der Waals surface area contributed by atoms with Crippen molar-refractivity contribution in [1.29, 1.82) is 0 Å². The molecule has 0 unspecified atom stereocenters. The molecule has 3 aromatic rings. The number of nitrogens with zero attached hydrogens (tertiary/aromatic N) is 5. The highest BCUT2D eigenvalue weighted by Gasteiger charge is 2.32. The van der Waals surface area contributed by atoms with Gasteiger partial charge < -0.3 is 8.94 Å². The van der Waals surface area contributed by atoms with Crippen LogP contribution in [0, 0.1) is 0 Å². The van der Waals surface area contributed by atoms with Crippen LogP contribution in [0.25, 0.3) is 11.4 Å². The van der Waals surface area contributed by atoms with Gasteiger partial charge in [0.25, 0.3) is 0 Å². The normalized spacial score (nSPS) is 18.3. The Balaban J connectivity index is 1.51. The second-order valence-electron chi connectivity index (χ2n) is 5.89. The number of benzene rings is 1. The lowest BCUT2D eigenvalue weighted by molar-refractivity contribution is 0.184. The fourth-order valence-electron chi connectivity index (χ4n) is 3.04. The van der Waals surface area contributed by atoms with Crippen LogP contribution in [0.3, 0.4) is 0 Å². The molecule has 7 nitrogen and oxygen atoms in total. The van der Waals surface area contributed by atoms with Crippen molar-refractivity contribution >= 4 is 0 Å². The van der Waals surface area contributed by atoms with Crippen molar-refractivity contribution in [2.45, 2.75) is 38.8 Å². The molecular formula is C17H19N5O2. The van der Waals surface area contributed by atoms with E-state index in [2.05, 4.69) is 25.2 Å². The average molecular weight is 325 g/mol. The van der Waals surface area contributed by atoms with Crippen molar-refractivity contribution < 1.29 is 8.94 Å². The van der Waals surface area contributed by atoms with Gasteiger partial charge in [0.15, 0.2) is 0 Å². The molecule has 7 heteroatoms. The molecule has 1 aromatic carbocycles. The first-order valence-electron chi connectivity index (χ1n) is 8.28. The highest BCUT2D eigenvalue weighted by Crippen LogP contribution is 2.33. The summed E-state index contributed by atoms with van der Waals surface area (Å²) < 4.78 is 11.2.